The summed E-state index contributed by atoms with van der Waals surface area (Å²) < 4.78 is 15.6. The van der Waals surface area contributed by atoms with Gasteiger partial charge in [0.15, 0.2) is 11.5 Å². The summed E-state index contributed by atoms with van der Waals surface area (Å²) in [6.07, 6.45) is 1.63. The van der Waals surface area contributed by atoms with E-state index >= 15 is 0 Å². The van der Waals surface area contributed by atoms with Crippen LogP contribution in [0.2, 0.25) is 5.28 Å². The molecule has 122 valence electrons. The maximum atomic E-state index is 13.8. The van der Waals surface area contributed by atoms with Crippen LogP contribution in [-0.4, -0.2) is 19.5 Å². The minimum absolute atomic E-state index is 0.105. The summed E-state index contributed by atoms with van der Waals surface area (Å²) in [5.74, 6) is 0.286. The molecule has 7 heteroatoms. The van der Waals surface area contributed by atoms with Crippen LogP contribution in [0.1, 0.15) is 25.0 Å². The number of benzene rings is 1. The molecule has 0 spiro atoms. The fourth-order valence-electron chi connectivity index (χ4n) is 2.13. The number of nitrogens with zero attached hydrogens (tertiary/aromatic N) is 4. The van der Waals surface area contributed by atoms with Crippen molar-refractivity contribution in [1.29, 1.82) is 0 Å². The van der Waals surface area contributed by atoms with Gasteiger partial charge in [-0.25, -0.2) is 9.37 Å². The summed E-state index contributed by atoms with van der Waals surface area (Å²) in [6.45, 7) is 6.16. The molecule has 0 atom stereocenters. The number of hydrogen-bond acceptors (Lipinski definition) is 4. The van der Waals surface area contributed by atoms with E-state index in [1.807, 2.05) is 33.9 Å². The molecule has 2 aromatic heterocycles. The number of rotatable bonds is 3. The lowest BCUT2D eigenvalue weighted by atomic mass is 10.1. The van der Waals surface area contributed by atoms with E-state index in [9.17, 15) is 4.39 Å². The van der Waals surface area contributed by atoms with E-state index in [-0.39, 0.29) is 11.1 Å². The van der Waals surface area contributed by atoms with Gasteiger partial charge in [0, 0.05) is 19.2 Å². The van der Waals surface area contributed by atoms with Gasteiger partial charge in [-0.05, 0) is 30.2 Å². The molecule has 0 aliphatic heterocycles. The Hall–Kier alpha value is -2.21. The molecular weight excluding hydrogens is 317 g/mol. The number of halogens is 2. The van der Waals surface area contributed by atoms with E-state index in [2.05, 4.69) is 20.3 Å². The van der Waals surface area contributed by atoms with Gasteiger partial charge in [-0.2, -0.15) is 9.97 Å². The third-order valence-electron chi connectivity index (χ3n) is 3.20. The second kappa shape index (κ2) is 7.37. The van der Waals surface area contributed by atoms with Crippen molar-refractivity contribution < 1.29 is 4.39 Å². The number of nitrogens with one attached hydrogen (secondary N) is 1. The maximum Gasteiger partial charge on any atom is 0.226 e. The lowest BCUT2D eigenvalue weighted by Gasteiger charge is -2.09. The molecule has 2 heterocycles. The molecule has 1 N–H and O–H groups in total. The highest BCUT2D eigenvalue weighted by Gasteiger charge is 2.12. The van der Waals surface area contributed by atoms with Crippen LogP contribution in [0, 0.1) is 12.7 Å². The molecule has 0 amide bonds. The average molecular weight is 336 g/mol. The lowest BCUT2D eigenvalue weighted by Crippen LogP contribution is -2.06. The third-order valence-corrected chi connectivity index (χ3v) is 3.37. The van der Waals surface area contributed by atoms with Crippen LogP contribution in [-0.2, 0) is 13.6 Å². The van der Waals surface area contributed by atoms with Crippen molar-refractivity contribution in [3.05, 3.63) is 46.8 Å². The van der Waals surface area contributed by atoms with Crippen molar-refractivity contribution in [2.75, 3.05) is 5.32 Å². The van der Waals surface area contributed by atoms with E-state index in [0.717, 1.165) is 11.1 Å². The van der Waals surface area contributed by atoms with Gasteiger partial charge < -0.3 is 9.88 Å². The molecule has 0 saturated carbocycles. The zero-order valence-corrected chi connectivity index (χ0v) is 14.3. The minimum atomic E-state index is -0.246. The monoisotopic (exact) mass is 335 g/mol. The smallest absolute Gasteiger partial charge is 0.226 e. The molecule has 0 aliphatic carbocycles. The molecule has 0 aliphatic rings. The molecule has 5 nitrogen and oxygen atoms in total. The van der Waals surface area contributed by atoms with Crippen molar-refractivity contribution in [2.24, 2.45) is 7.05 Å². The van der Waals surface area contributed by atoms with Crippen LogP contribution >= 0.6 is 11.6 Å². The van der Waals surface area contributed by atoms with E-state index in [1.165, 1.54) is 6.07 Å². The van der Waals surface area contributed by atoms with Gasteiger partial charge in [-0.3, -0.25) is 0 Å². The third kappa shape index (κ3) is 3.76. The van der Waals surface area contributed by atoms with Gasteiger partial charge in [0.1, 0.15) is 11.3 Å². The van der Waals surface area contributed by atoms with Crippen LogP contribution < -0.4 is 5.32 Å². The van der Waals surface area contributed by atoms with Crippen molar-refractivity contribution in [2.45, 2.75) is 27.3 Å². The van der Waals surface area contributed by atoms with Crippen LogP contribution in [0.4, 0.5) is 10.2 Å². The van der Waals surface area contributed by atoms with Gasteiger partial charge in [-0.1, -0.05) is 26.0 Å². The zero-order valence-electron chi connectivity index (χ0n) is 13.6. The largest absolute Gasteiger partial charge is 0.364 e. The predicted octanol–water partition coefficient (Wildman–Crippen LogP) is 4.10. The number of imidazole rings is 1. The van der Waals surface area contributed by atoms with Crippen molar-refractivity contribution in [3.63, 3.8) is 0 Å². The summed E-state index contributed by atoms with van der Waals surface area (Å²) in [5, 5.41) is 3.20. The highest BCUT2D eigenvalue weighted by molar-refractivity contribution is 6.28. The Morgan fingerprint density at radius 2 is 2.00 bits per heavy atom. The quantitative estimate of drug-likeness (QED) is 0.732. The van der Waals surface area contributed by atoms with Crippen LogP contribution in [0.15, 0.2) is 24.5 Å². The average Bonchev–Trinajstić information content (AvgIpc) is 2.89. The Balaban J connectivity index is 0.000000924. The normalized spacial score (nSPS) is 10.3. The van der Waals surface area contributed by atoms with Gasteiger partial charge >= 0.3 is 0 Å². The van der Waals surface area contributed by atoms with Gasteiger partial charge in [0.25, 0.3) is 0 Å². The molecule has 0 bridgehead atoms. The van der Waals surface area contributed by atoms with Gasteiger partial charge in [0.2, 0.25) is 5.28 Å². The first-order valence-electron chi connectivity index (χ1n) is 7.38. The molecule has 0 unspecified atom stereocenters. The topological polar surface area (TPSA) is 55.6 Å². The fourth-order valence-corrected chi connectivity index (χ4v) is 2.29. The van der Waals surface area contributed by atoms with E-state index < -0.39 is 0 Å². The maximum absolute atomic E-state index is 13.8. The molecule has 0 saturated heterocycles. The summed E-state index contributed by atoms with van der Waals surface area (Å²) in [6, 6.07) is 5.12. The number of fused-ring (bicyclic) bond motifs is 1. The Labute approximate surface area is 139 Å². The Bertz CT molecular complexity index is 816. The summed E-state index contributed by atoms with van der Waals surface area (Å²) in [4.78, 5) is 12.3. The molecule has 0 radical (unpaired) electrons. The molecule has 3 aromatic rings. The van der Waals surface area contributed by atoms with Crippen LogP contribution in [0.3, 0.4) is 0 Å². The number of aromatic nitrogens is 4. The fraction of sp³-hybridized carbons (Fsp3) is 0.312. The first kappa shape index (κ1) is 17.1. The second-order valence-electron chi connectivity index (χ2n) is 4.82. The standard InChI is InChI=1S/C14H13ClFN5.C2H6/c1-8-3-4-9(10(16)5-8)6-17-12-11-13(18-7-21(11)2)20-14(15)19-12;1-2/h3-5,7H,6H2,1-2H3,(H,17,19,20);1-2H3. The predicted molar refractivity (Wildman–Crippen MR) is 91.1 cm³/mol. The van der Waals surface area contributed by atoms with Crippen molar-refractivity contribution in [3.8, 4) is 0 Å². The van der Waals surface area contributed by atoms with Crippen LogP contribution in [0.5, 0.6) is 0 Å². The van der Waals surface area contributed by atoms with Gasteiger partial charge in [-0.15, -0.1) is 0 Å². The SMILES string of the molecule is CC.Cc1ccc(CNc2nc(Cl)nc3ncn(C)c23)c(F)c1. The Morgan fingerprint density at radius 3 is 2.70 bits per heavy atom. The second-order valence-corrected chi connectivity index (χ2v) is 5.16. The lowest BCUT2D eigenvalue weighted by molar-refractivity contribution is 0.611. The Kier molecular flexibility index (Phi) is 5.50. The number of hydrogen-bond donors (Lipinski definition) is 1. The summed E-state index contributed by atoms with van der Waals surface area (Å²) in [7, 11) is 1.84. The molecule has 23 heavy (non-hydrogen) atoms. The minimum Gasteiger partial charge on any atom is -0.364 e. The highest BCUT2D eigenvalue weighted by Crippen LogP contribution is 2.21. The first-order valence-corrected chi connectivity index (χ1v) is 7.76. The number of anilines is 1. The molecule has 0 fully saturated rings. The van der Waals surface area contributed by atoms with Crippen LogP contribution in [0.25, 0.3) is 11.2 Å². The van der Waals surface area contributed by atoms with Crippen molar-refractivity contribution in [1.82, 2.24) is 19.5 Å². The van der Waals surface area contributed by atoms with Gasteiger partial charge in [0.05, 0.1) is 6.33 Å². The molecule has 1 aromatic carbocycles. The first-order chi connectivity index (χ1) is 11.0. The number of aryl methyl sites for hydroxylation is 2. The molecule has 3 rings (SSSR count). The van der Waals surface area contributed by atoms with E-state index in [0.29, 0.717) is 23.6 Å². The zero-order chi connectivity index (χ0) is 17.0. The summed E-state index contributed by atoms with van der Waals surface area (Å²) >= 11 is 5.88. The van der Waals surface area contributed by atoms with E-state index in [4.69, 9.17) is 11.6 Å². The van der Waals surface area contributed by atoms with E-state index in [1.54, 1.807) is 17.0 Å². The van der Waals surface area contributed by atoms with Crippen molar-refractivity contribution >= 4 is 28.6 Å². The Morgan fingerprint density at radius 1 is 1.26 bits per heavy atom. The molecular formula is C16H19ClFN5. The highest BCUT2D eigenvalue weighted by atomic mass is 35.5. The summed E-state index contributed by atoms with van der Waals surface area (Å²) in [5.41, 5.74) is 2.68.